The highest BCUT2D eigenvalue weighted by Gasteiger charge is 2.27. The molecule has 1 N–H and O–H groups in total. The van der Waals surface area contributed by atoms with Gasteiger partial charge in [0.05, 0.1) is 4.90 Å². The number of hydrogen-bond donors (Lipinski definition) is 1. The lowest BCUT2D eigenvalue weighted by Gasteiger charge is -2.26. The number of carbonyl (C=O) groups excluding carboxylic acids is 1. The Balaban J connectivity index is 1.48. The summed E-state index contributed by atoms with van der Waals surface area (Å²) in [6, 6.07) is 6.87. The van der Waals surface area contributed by atoms with E-state index in [9.17, 15) is 13.2 Å². The lowest BCUT2D eigenvalue weighted by molar-refractivity contribution is -0.124. The molecule has 4 rings (SSSR count). The number of piperidine rings is 1. The van der Waals surface area contributed by atoms with Crippen molar-refractivity contribution in [1.29, 1.82) is 0 Å². The summed E-state index contributed by atoms with van der Waals surface area (Å²) in [6.07, 6.45) is 13.6. The number of amides is 1. The first-order valence-corrected chi connectivity index (χ1v) is 13.5. The van der Waals surface area contributed by atoms with Gasteiger partial charge in [-0.05, 0) is 75.6 Å². The first-order chi connectivity index (χ1) is 15.5. The molecule has 1 unspecified atom stereocenters. The maximum absolute atomic E-state index is 13.0. The zero-order valence-electron chi connectivity index (χ0n) is 19.1. The van der Waals surface area contributed by atoms with E-state index in [0.29, 0.717) is 31.0 Å². The Hall–Kier alpha value is -2.12. The number of nitrogens with one attached hydrogen (secondary N) is 1. The van der Waals surface area contributed by atoms with Crippen LogP contribution in [0.25, 0.3) is 10.9 Å². The van der Waals surface area contributed by atoms with Gasteiger partial charge in [-0.2, -0.15) is 4.31 Å². The van der Waals surface area contributed by atoms with Gasteiger partial charge in [0.15, 0.2) is 0 Å². The van der Waals surface area contributed by atoms with Crippen molar-refractivity contribution in [1.82, 2.24) is 14.2 Å². The highest BCUT2D eigenvalue weighted by molar-refractivity contribution is 7.89. The number of allylic oxidation sites excluding steroid dienone is 1. The summed E-state index contributed by atoms with van der Waals surface area (Å²) < 4.78 is 29.6. The average Bonchev–Trinajstić information content (AvgIpc) is 3.24. The van der Waals surface area contributed by atoms with Crippen molar-refractivity contribution in [3.63, 3.8) is 0 Å². The van der Waals surface area contributed by atoms with Crippen LogP contribution >= 0.6 is 0 Å². The summed E-state index contributed by atoms with van der Waals surface area (Å²) in [5, 5.41) is 3.96. The molecule has 0 spiro atoms. The largest absolute Gasteiger partial charge is 0.354 e. The van der Waals surface area contributed by atoms with Crippen molar-refractivity contribution in [3.05, 3.63) is 42.1 Å². The number of nitrogens with zero attached hydrogens (tertiary/aromatic N) is 2. The Labute approximate surface area is 191 Å². The van der Waals surface area contributed by atoms with Crippen LogP contribution < -0.4 is 5.32 Å². The van der Waals surface area contributed by atoms with E-state index in [2.05, 4.69) is 11.4 Å². The summed E-state index contributed by atoms with van der Waals surface area (Å²) in [7, 11) is -3.47. The van der Waals surface area contributed by atoms with E-state index in [1.807, 2.05) is 29.8 Å². The molecule has 0 bridgehead atoms. The molecule has 1 aromatic heterocycles. The van der Waals surface area contributed by atoms with Gasteiger partial charge < -0.3 is 9.88 Å². The van der Waals surface area contributed by atoms with E-state index in [1.54, 1.807) is 16.4 Å². The van der Waals surface area contributed by atoms with Crippen LogP contribution in [0, 0.1) is 0 Å². The quantitative estimate of drug-likeness (QED) is 0.580. The minimum Gasteiger partial charge on any atom is -0.354 e. The third-order valence-corrected chi connectivity index (χ3v) is 8.69. The second-order valence-electron chi connectivity index (χ2n) is 8.98. The van der Waals surface area contributed by atoms with Gasteiger partial charge in [0, 0.05) is 36.7 Å². The standard InChI is InChI=1S/C25H35N3O3S/c1-2-23(25(29)26-15-13-20-9-5-3-6-10-20)28-18-14-21-19-22(11-12-24(21)28)32(30,31)27-16-7-4-8-17-27/h9,11-12,14,18-19,23H,2-8,10,13,15-17H2,1H3,(H,26,29). The highest BCUT2D eigenvalue weighted by atomic mass is 32.2. The first kappa shape index (κ1) is 23.1. The number of carbonyl (C=O) groups is 1. The van der Waals surface area contributed by atoms with Gasteiger partial charge in [0.1, 0.15) is 6.04 Å². The molecule has 2 aliphatic rings. The normalized spacial score (nSPS) is 19.0. The van der Waals surface area contributed by atoms with Crippen LogP contribution in [0.15, 0.2) is 47.0 Å². The van der Waals surface area contributed by atoms with Gasteiger partial charge >= 0.3 is 0 Å². The van der Waals surface area contributed by atoms with Crippen molar-refractivity contribution < 1.29 is 13.2 Å². The summed E-state index contributed by atoms with van der Waals surface area (Å²) in [4.78, 5) is 13.3. The summed E-state index contributed by atoms with van der Waals surface area (Å²) in [5.74, 6) is 0.0198. The lowest BCUT2D eigenvalue weighted by atomic mass is 9.97. The Bertz CT molecular complexity index is 1080. The first-order valence-electron chi connectivity index (χ1n) is 12.1. The molecule has 1 amide bonds. The van der Waals surface area contributed by atoms with Crippen LogP contribution in [-0.4, -0.2) is 42.8 Å². The smallest absolute Gasteiger partial charge is 0.243 e. The number of hydrogen-bond acceptors (Lipinski definition) is 3. The van der Waals surface area contributed by atoms with Crippen molar-refractivity contribution in [3.8, 4) is 0 Å². The van der Waals surface area contributed by atoms with E-state index in [4.69, 9.17) is 0 Å². The zero-order valence-corrected chi connectivity index (χ0v) is 19.9. The van der Waals surface area contributed by atoms with Crippen LogP contribution in [-0.2, 0) is 14.8 Å². The van der Waals surface area contributed by atoms with Gasteiger partial charge in [-0.25, -0.2) is 8.42 Å². The SMILES string of the molecule is CCC(C(=O)NCCC1=CCCCC1)n1ccc2cc(S(=O)(=O)N3CCCCC3)ccc21. The fourth-order valence-electron chi connectivity index (χ4n) is 4.93. The predicted molar refractivity (Wildman–Crippen MR) is 128 cm³/mol. The third-order valence-electron chi connectivity index (χ3n) is 6.80. The Morgan fingerprint density at radius 2 is 1.91 bits per heavy atom. The molecule has 1 atom stereocenters. The monoisotopic (exact) mass is 457 g/mol. The molecule has 1 saturated heterocycles. The van der Waals surface area contributed by atoms with E-state index in [1.165, 1.54) is 18.4 Å². The molecular weight excluding hydrogens is 422 g/mol. The number of rotatable bonds is 8. The van der Waals surface area contributed by atoms with Gasteiger partial charge in [-0.15, -0.1) is 0 Å². The molecular formula is C25H35N3O3S. The van der Waals surface area contributed by atoms with E-state index in [-0.39, 0.29) is 11.9 Å². The summed E-state index contributed by atoms with van der Waals surface area (Å²) >= 11 is 0. The van der Waals surface area contributed by atoms with Gasteiger partial charge in [-0.1, -0.05) is 25.0 Å². The van der Waals surface area contributed by atoms with Gasteiger partial charge in [0.2, 0.25) is 15.9 Å². The molecule has 32 heavy (non-hydrogen) atoms. The molecule has 2 heterocycles. The van der Waals surface area contributed by atoms with Crippen molar-refractivity contribution in [2.45, 2.75) is 75.6 Å². The second kappa shape index (κ2) is 10.2. The fraction of sp³-hybridized carbons (Fsp3) is 0.560. The Kier molecular flexibility index (Phi) is 7.36. The molecule has 1 aromatic carbocycles. The Morgan fingerprint density at radius 3 is 2.62 bits per heavy atom. The third kappa shape index (κ3) is 4.94. The van der Waals surface area contributed by atoms with E-state index >= 15 is 0 Å². The molecule has 174 valence electrons. The minimum absolute atomic E-state index is 0.0198. The minimum atomic E-state index is -3.47. The lowest BCUT2D eigenvalue weighted by Crippen LogP contribution is -2.35. The Morgan fingerprint density at radius 1 is 1.09 bits per heavy atom. The molecule has 6 nitrogen and oxygen atoms in total. The van der Waals surface area contributed by atoms with Crippen LogP contribution in [0.1, 0.15) is 70.8 Å². The molecule has 0 saturated carbocycles. The summed E-state index contributed by atoms with van der Waals surface area (Å²) in [6.45, 7) is 3.86. The van der Waals surface area contributed by atoms with Crippen molar-refractivity contribution >= 4 is 26.8 Å². The topological polar surface area (TPSA) is 71.4 Å². The van der Waals surface area contributed by atoms with E-state index < -0.39 is 10.0 Å². The fourth-order valence-corrected chi connectivity index (χ4v) is 6.49. The van der Waals surface area contributed by atoms with E-state index in [0.717, 1.165) is 49.4 Å². The average molecular weight is 458 g/mol. The predicted octanol–water partition coefficient (Wildman–Crippen LogP) is 4.77. The highest BCUT2D eigenvalue weighted by Crippen LogP contribution is 2.28. The number of aromatic nitrogens is 1. The second-order valence-corrected chi connectivity index (χ2v) is 10.9. The number of benzene rings is 1. The van der Waals surface area contributed by atoms with Crippen molar-refractivity contribution in [2.24, 2.45) is 0 Å². The molecule has 2 aromatic rings. The maximum Gasteiger partial charge on any atom is 0.243 e. The van der Waals surface area contributed by atoms with Crippen molar-refractivity contribution in [2.75, 3.05) is 19.6 Å². The molecule has 1 fully saturated rings. The van der Waals surface area contributed by atoms with Crippen LogP contribution in [0.5, 0.6) is 0 Å². The van der Waals surface area contributed by atoms with Crippen LogP contribution in [0.3, 0.4) is 0 Å². The van der Waals surface area contributed by atoms with Crippen LogP contribution in [0.4, 0.5) is 0 Å². The molecule has 0 radical (unpaired) electrons. The van der Waals surface area contributed by atoms with Gasteiger partial charge in [-0.3, -0.25) is 4.79 Å². The number of fused-ring (bicyclic) bond motifs is 1. The van der Waals surface area contributed by atoms with Crippen LogP contribution in [0.2, 0.25) is 0 Å². The molecule has 1 aliphatic heterocycles. The summed E-state index contributed by atoms with van der Waals surface area (Å²) in [5.41, 5.74) is 2.35. The number of sulfonamides is 1. The maximum atomic E-state index is 13.0. The molecule has 7 heteroatoms. The zero-order chi connectivity index (χ0) is 22.6. The van der Waals surface area contributed by atoms with Gasteiger partial charge in [0.25, 0.3) is 0 Å². The molecule has 1 aliphatic carbocycles.